The molecule has 2 heterocycles. The molecule has 0 saturated carbocycles. The summed E-state index contributed by atoms with van der Waals surface area (Å²) in [6.45, 7) is 0. The van der Waals surface area contributed by atoms with Gasteiger partial charge in [0.1, 0.15) is 4.90 Å². The average molecular weight is 426 g/mol. The molecule has 0 saturated heterocycles. The fourth-order valence-corrected chi connectivity index (χ4v) is 3.74. The van der Waals surface area contributed by atoms with Gasteiger partial charge < -0.3 is 9.52 Å². The van der Waals surface area contributed by atoms with Gasteiger partial charge in [-0.1, -0.05) is 0 Å². The number of halogens is 2. The van der Waals surface area contributed by atoms with Crippen LogP contribution in [0, 0.1) is 0 Å². The molecule has 0 atom stereocenters. The molecule has 0 aliphatic carbocycles. The highest BCUT2D eigenvalue weighted by atomic mass is 79.9. The zero-order valence-electron chi connectivity index (χ0n) is 9.50. The summed E-state index contributed by atoms with van der Waals surface area (Å²) in [7, 11) is -4.03. The van der Waals surface area contributed by atoms with Crippen molar-refractivity contribution in [3.63, 3.8) is 0 Å². The Morgan fingerprint density at radius 1 is 1.40 bits per heavy atom. The van der Waals surface area contributed by atoms with E-state index in [0.29, 0.717) is 4.47 Å². The number of nitrogens with one attached hydrogen (secondary N) is 1. The van der Waals surface area contributed by atoms with Crippen LogP contribution in [0.3, 0.4) is 0 Å². The van der Waals surface area contributed by atoms with Crippen LogP contribution < -0.4 is 4.72 Å². The van der Waals surface area contributed by atoms with E-state index in [4.69, 9.17) is 9.52 Å². The largest absolute Gasteiger partial charge is 0.475 e. The van der Waals surface area contributed by atoms with Crippen molar-refractivity contribution in [2.45, 2.75) is 4.90 Å². The van der Waals surface area contributed by atoms with Gasteiger partial charge in [0.05, 0.1) is 4.47 Å². The third-order valence-corrected chi connectivity index (χ3v) is 4.98. The number of aromatic carboxylic acids is 1. The molecule has 20 heavy (non-hydrogen) atoms. The van der Waals surface area contributed by atoms with Crippen LogP contribution in [0.15, 0.2) is 42.9 Å². The third-order valence-electron chi connectivity index (χ3n) is 2.15. The predicted molar refractivity (Wildman–Crippen MR) is 76.1 cm³/mol. The van der Waals surface area contributed by atoms with Gasteiger partial charge >= 0.3 is 5.97 Å². The lowest BCUT2D eigenvalue weighted by Gasteiger charge is -2.06. The fourth-order valence-electron chi connectivity index (χ4n) is 1.28. The second-order valence-corrected chi connectivity index (χ2v) is 6.72. The van der Waals surface area contributed by atoms with Gasteiger partial charge in [-0.25, -0.2) is 18.2 Å². The topological polar surface area (TPSA) is 110 Å². The summed E-state index contributed by atoms with van der Waals surface area (Å²) in [5.74, 6) is -1.78. The van der Waals surface area contributed by atoms with Crippen LogP contribution in [0.4, 0.5) is 5.82 Å². The Bertz CT molecular complexity index is 772. The number of aromatic nitrogens is 1. The van der Waals surface area contributed by atoms with Crippen molar-refractivity contribution in [3.8, 4) is 0 Å². The minimum absolute atomic E-state index is 0.0810. The van der Waals surface area contributed by atoms with E-state index in [-0.39, 0.29) is 15.4 Å². The molecule has 10 heteroatoms. The number of furan rings is 1. The normalized spacial score (nSPS) is 11.3. The van der Waals surface area contributed by atoms with Crippen molar-refractivity contribution < 1.29 is 22.7 Å². The van der Waals surface area contributed by atoms with E-state index in [1.165, 1.54) is 6.20 Å². The maximum Gasteiger partial charge on any atom is 0.371 e. The molecule has 0 aromatic carbocycles. The molecule has 0 unspecified atom stereocenters. The predicted octanol–water partition coefficient (Wildman–Crippen LogP) is 2.70. The highest BCUT2D eigenvalue weighted by Crippen LogP contribution is 2.29. The first kappa shape index (κ1) is 15.0. The summed E-state index contributed by atoms with van der Waals surface area (Å²) in [5.41, 5.74) is 0. The summed E-state index contributed by atoms with van der Waals surface area (Å²) in [6.07, 6.45) is 1.41. The SMILES string of the molecule is O=C(O)c1cc(S(=O)(=O)Nc2ncccc2Br)c(Br)o1. The van der Waals surface area contributed by atoms with Crippen molar-refractivity contribution in [1.29, 1.82) is 0 Å². The second kappa shape index (κ2) is 5.54. The van der Waals surface area contributed by atoms with Gasteiger partial charge in [0.25, 0.3) is 10.0 Å². The van der Waals surface area contributed by atoms with E-state index in [1.54, 1.807) is 12.1 Å². The Morgan fingerprint density at radius 3 is 2.65 bits per heavy atom. The summed E-state index contributed by atoms with van der Waals surface area (Å²) in [6, 6.07) is 4.14. The van der Waals surface area contributed by atoms with Crippen LogP contribution in [0.25, 0.3) is 0 Å². The van der Waals surface area contributed by atoms with Crippen LogP contribution in [0.5, 0.6) is 0 Å². The molecule has 106 valence electrons. The molecule has 2 rings (SSSR count). The van der Waals surface area contributed by atoms with Crippen LogP contribution in [-0.2, 0) is 10.0 Å². The highest BCUT2D eigenvalue weighted by Gasteiger charge is 2.25. The zero-order valence-corrected chi connectivity index (χ0v) is 13.5. The number of pyridine rings is 1. The van der Waals surface area contributed by atoms with Crippen molar-refractivity contribution in [2.75, 3.05) is 4.72 Å². The number of carbonyl (C=O) groups is 1. The zero-order chi connectivity index (χ0) is 14.9. The molecule has 0 spiro atoms. The first-order chi connectivity index (χ1) is 9.31. The second-order valence-electron chi connectivity index (χ2n) is 3.49. The molecule has 0 radical (unpaired) electrons. The van der Waals surface area contributed by atoms with Crippen LogP contribution in [-0.4, -0.2) is 24.5 Å². The van der Waals surface area contributed by atoms with Gasteiger partial charge in [0.2, 0.25) is 5.76 Å². The lowest BCUT2D eigenvalue weighted by molar-refractivity contribution is 0.0661. The monoisotopic (exact) mass is 424 g/mol. The fraction of sp³-hybridized carbons (Fsp3) is 0. The minimum atomic E-state index is -4.03. The van der Waals surface area contributed by atoms with E-state index >= 15 is 0 Å². The van der Waals surface area contributed by atoms with Crippen LogP contribution in [0.2, 0.25) is 0 Å². The van der Waals surface area contributed by atoms with Crippen molar-refractivity contribution in [1.82, 2.24) is 4.98 Å². The molecule has 7 nitrogen and oxygen atoms in total. The molecule has 0 bridgehead atoms. The van der Waals surface area contributed by atoms with Gasteiger partial charge in [-0.05, 0) is 44.0 Å². The lowest BCUT2D eigenvalue weighted by atomic mass is 10.5. The van der Waals surface area contributed by atoms with Gasteiger partial charge in [0, 0.05) is 12.3 Å². The van der Waals surface area contributed by atoms with Crippen molar-refractivity contribution in [3.05, 3.63) is 39.3 Å². The molecule has 2 aromatic rings. The standard InChI is InChI=1S/C10H6Br2N2O5S/c11-5-2-1-3-13-9(5)14-20(17,18)7-4-6(10(15)16)19-8(7)12/h1-4H,(H,13,14)(H,15,16). The number of hydrogen-bond donors (Lipinski definition) is 2. The Kier molecular flexibility index (Phi) is 4.16. The smallest absolute Gasteiger partial charge is 0.371 e. The van der Waals surface area contributed by atoms with Gasteiger partial charge in [-0.2, -0.15) is 0 Å². The lowest BCUT2D eigenvalue weighted by Crippen LogP contribution is -2.14. The maximum absolute atomic E-state index is 12.2. The van der Waals surface area contributed by atoms with E-state index in [1.807, 2.05) is 0 Å². The maximum atomic E-state index is 12.2. The van der Waals surface area contributed by atoms with E-state index in [0.717, 1.165) is 6.07 Å². The first-order valence-corrected chi connectivity index (χ1v) is 8.04. The van der Waals surface area contributed by atoms with Crippen LogP contribution in [0.1, 0.15) is 10.6 Å². The molecule has 0 aliphatic rings. The molecular weight excluding hydrogens is 420 g/mol. The Hall–Kier alpha value is -1.39. The molecule has 2 N–H and O–H groups in total. The summed E-state index contributed by atoms with van der Waals surface area (Å²) in [4.78, 5) is 14.3. The van der Waals surface area contributed by atoms with Gasteiger partial charge in [0.15, 0.2) is 10.5 Å². The summed E-state index contributed by atoms with van der Waals surface area (Å²) in [5, 5.41) is 8.77. The number of hydrogen-bond acceptors (Lipinski definition) is 5. The number of carboxylic acids is 1. The van der Waals surface area contributed by atoms with Crippen LogP contribution >= 0.6 is 31.9 Å². The molecule has 0 aliphatic heterocycles. The molecular formula is C10H6Br2N2O5S. The number of carboxylic acid groups (broad SMARTS) is 1. The molecule has 2 aromatic heterocycles. The van der Waals surface area contributed by atoms with Gasteiger partial charge in [-0.15, -0.1) is 0 Å². The van der Waals surface area contributed by atoms with E-state index in [9.17, 15) is 13.2 Å². The third kappa shape index (κ3) is 3.02. The molecule has 0 fully saturated rings. The average Bonchev–Trinajstić information content (AvgIpc) is 2.75. The number of sulfonamides is 1. The van der Waals surface area contributed by atoms with Crippen molar-refractivity contribution in [2.24, 2.45) is 0 Å². The Labute approximate surface area is 130 Å². The number of nitrogens with zero attached hydrogens (tertiary/aromatic N) is 1. The minimum Gasteiger partial charge on any atom is -0.475 e. The van der Waals surface area contributed by atoms with E-state index < -0.39 is 21.8 Å². The van der Waals surface area contributed by atoms with Gasteiger partial charge in [-0.3, -0.25) is 4.72 Å². The van der Waals surface area contributed by atoms with Crippen molar-refractivity contribution >= 4 is 53.7 Å². The number of anilines is 1. The number of rotatable bonds is 4. The Morgan fingerprint density at radius 2 is 2.10 bits per heavy atom. The van der Waals surface area contributed by atoms with E-state index in [2.05, 4.69) is 41.6 Å². The molecule has 0 amide bonds. The summed E-state index contributed by atoms with van der Waals surface area (Å²) < 4.78 is 31.6. The quantitative estimate of drug-likeness (QED) is 0.779. The summed E-state index contributed by atoms with van der Waals surface area (Å²) >= 11 is 6.02. The highest BCUT2D eigenvalue weighted by molar-refractivity contribution is 9.10. The Balaban J connectivity index is 2.41. The first-order valence-electron chi connectivity index (χ1n) is 4.97.